The van der Waals surface area contributed by atoms with E-state index in [9.17, 15) is 8.78 Å². The molecule has 176 valence electrons. The van der Waals surface area contributed by atoms with Crippen LogP contribution >= 0.6 is 0 Å². The molecule has 2 N–H and O–H groups in total. The number of hydrogen-bond acceptors (Lipinski definition) is 6. The molecule has 8 nitrogen and oxygen atoms in total. The molecule has 0 saturated carbocycles. The molecule has 5 aromatic rings. The maximum absolute atomic E-state index is 14.5. The Morgan fingerprint density at radius 2 is 2.03 bits per heavy atom. The largest absolute Gasteiger partial charge is 0.376 e. The molecule has 0 aliphatic carbocycles. The number of hydrogen-bond donors (Lipinski definition) is 2. The van der Waals surface area contributed by atoms with Crippen LogP contribution in [0.3, 0.4) is 0 Å². The highest BCUT2D eigenvalue weighted by atomic mass is 19.2. The van der Waals surface area contributed by atoms with Crippen molar-refractivity contribution in [3.8, 4) is 28.2 Å². The lowest BCUT2D eigenvalue weighted by Crippen LogP contribution is -2.18. The zero-order chi connectivity index (χ0) is 23.8. The van der Waals surface area contributed by atoms with Crippen LogP contribution in [0, 0.1) is 11.6 Å². The minimum Gasteiger partial charge on any atom is -0.376 e. The van der Waals surface area contributed by atoms with Crippen LogP contribution in [0.5, 0.6) is 0 Å². The van der Waals surface area contributed by atoms with Crippen molar-refractivity contribution in [1.82, 2.24) is 29.7 Å². The summed E-state index contributed by atoms with van der Waals surface area (Å²) in [5, 5.41) is 12.2. The number of H-pyrrole nitrogens is 1. The van der Waals surface area contributed by atoms with Gasteiger partial charge in [0.05, 0.1) is 11.8 Å². The third-order valence-electron chi connectivity index (χ3n) is 6.14. The highest BCUT2D eigenvalue weighted by molar-refractivity contribution is 5.94. The Morgan fingerprint density at radius 1 is 1.11 bits per heavy atom. The molecule has 1 aliphatic rings. The molecule has 5 heterocycles. The van der Waals surface area contributed by atoms with Gasteiger partial charge in [-0.3, -0.25) is 4.57 Å². The molecule has 0 bridgehead atoms. The summed E-state index contributed by atoms with van der Waals surface area (Å²) in [5.74, 6) is -0.755. The number of halogens is 2. The third-order valence-corrected chi connectivity index (χ3v) is 6.14. The van der Waals surface area contributed by atoms with Crippen LogP contribution in [0.15, 0.2) is 61.3 Å². The highest BCUT2D eigenvalue weighted by Gasteiger charge is 2.19. The quantitative estimate of drug-likeness (QED) is 0.370. The summed E-state index contributed by atoms with van der Waals surface area (Å²) in [6.07, 6.45) is 9.04. The summed E-state index contributed by atoms with van der Waals surface area (Å²) >= 11 is 0. The Morgan fingerprint density at radius 3 is 2.86 bits per heavy atom. The van der Waals surface area contributed by atoms with Crippen molar-refractivity contribution in [2.75, 3.05) is 18.5 Å². The number of aromatic nitrogens is 6. The van der Waals surface area contributed by atoms with Gasteiger partial charge in [-0.15, -0.1) is 10.2 Å². The van der Waals surface area contributed by atoms with Gasteiger partial charge in [0.2, 0.25) is 0 Å². The number of anilines is 1. The van der Waals surface area contributed by atoms with E-state index in [-0.39, 0.29) is 11.8 Å². The average Bonchev–Trinajstić information content (AvgIpc) is 3.65. The van der Waals surface area contributed by atoms with Crippen LogP contribution in [0.25, 0.3) is 39.2 Å². The summed E-state index contributed by atoms with van der Waals surface area (Å²) < 4.78 is 35.4. The van der Waals surface area contributed by atoms with E-state index < -0.39 is 11.6 Å². The van der Waals surface area contributed by atoms with Gasteiger partial charge in [-0.2, -0.15) is 0 Å². The van der Waals surface area contributed by atoms with Crippen molar-refractivity contribution in [2.24, 2.45) is 0 Å². The molecule has 1 aromatic carbocycles. The Bertz CT molecular complexity index is 1490. The molecule has 1 unspecified atom stereocenters. The number of pyridine rings is 2. The predicted octanol–water partition coefficient (Wildman–Crippen LogP) is 4.74. The number of nitrogens with one attached hydrogen (secondary N) is 2. The molecule has 1 fully saturated rings. The normalized spacial score (nSPS) is 15.7. The van der Waals surface area contributed by atoms with E-state index in [2.05, 4.69) is 30.5 Å². The van der Waals surface area contributed by atoms with Gasteiger partial charge in [0.15, 0.2) is 17.5 Å². The maximum Gasteiger partial charge on any atom is 0.182 e. The van der Waals surface area contributed by atoms with Crippen molar-refractivity contribution < 1.29 is 13.5 Å². The van der Waals surface area contributed by atoms with Gasteiger partial charge in [-0.25, -0.2) is 18.7 Å². The first-order valence-electron chi connectivity index (χ1n) is 11.3. The molecular formula is C25H21F2N7O. The topological polar surface area (TPSA) is 93.5 Å². The fraction of sp³-hybridized carbons (Fsp3) is 0.200. The van der Waals surface area contributed by atoms with E-state index in [0.29, 0.717) is 17.0 Å². The van der Waals surface area contributed by atoms with Crippen molar-refractivity contribution in [1.29, 1.82) is 0 Å². The molecule has 10 heteroatoms. The Hall–Kier alpha value is -4.18. The van der Waals surface area contributed by atoms with Crippen LogP contribution in [0.2, 0.25) is 0 Å². The molecule has 0 radical (unpaired) electrons. The lowest BCUT2D eigenvalue weighted by molar-refractivity contribution is 0.120. The molecule has 0 spiro atoms. The second kappa shape index (κ2) is 8.88. The molecule has 1 atom stereocenters. The summed E-state index contributed by atoms with van der Waals surface area (Å²) in [7, 11) is 0. The Kier molecular flexibility index (Phi) is 5.42. The molecule has 1 aliphatic heterocycles. The monoisotopic (exact) mass is 473 g/mol. The van der Waals surface area contributed by atoms with E-state index in [1.54, 1.807) is 18.6 Å². The van der Waals surface area contributed by atoms with Crippen molar-refractivity contribution in [3.63, 3.8) is 0 Å². The number of benzene rings is 1. The lowest BCUT2D eigenvalue weighted by atomic mass is 10.1. The van der Waals surface area contributed by atoms with Crippen LogP contribution in [-0.2, 0) is 4.74 Å². The van der Waals surface area contributed by atoms with Gasteiger partial charge in [-0.05, 0) is 43.2 Å². The minimum absolute atomic E-state index is 0.0266. The summed E-state index contributed by atoms with van der Waals surface area (Å²) in [6, 6.07) is 9.86. The van der Waals surface area contributed by atoms with Gasteiger partial charge in [-0.1, -0.05) is 6.07 Å². The smallest absolute Gasteiger partial charge is 0.182 e. The molecule has 1 saturated heterocycles. The second-order valence-corrected chi connectivity index (χ2v) is 8.37. The van der Waals surface area contributed by atoms with Gasteiger partial charge >= 0.3 is 0 Å². The summed E-state index contributed by atoms with van der Waals surface area (Å²) in [4.78, 5) is 12.2. The number of fused-ring (bicyclic) bond motifs is 1. The van der Waals surface area contributed by atoms with Gasteiger partial charge in [0, 0.05) is 53.8 Å². The number of nitrogens with zero attached hydrogens (tertiary/aromatic N) is 5. The van der Waals surface area contributed by atoms with E-state index in [0.717, 1.165) is 54.4 Å². The standard InChI is InChI=1S/C25H21F2N7O/c26-20-4-1-5-21(23(20)27)34-14-32-33-25(34)19-13-31-24-18(19)9-16(11-30-24)15-6-7-22(28-10-15)29-12-17-3-2-8-35-17/h1,4-7,9-11,13-14,17H,2-3,8,12H2,(H,28,29)(H,30,31). The van der Waals surface area contributed by atoms with Crippen molar-refractivity contribution in [2.45, 2.75) is 18.9 Å². The fourth-order valence-electron chi connectivity index (χ4n) is 4.31. The lowest BCUT2D eigenvalue weighted by Gasteiger charge is -2.11. The second-order valence-electron chi connectivity index (χ2n) is 8.37. The first-order valence-corrected chi connectivity index (χ1v) is 11.3. The Balaban J connectivity index is 1.31. The first kappa shape index (κ1) is 21.4. The first-order chi connectivity index (χ1) is 17.2. The zero-order valence-corrected chi connectivity index (χ0v) is 18.6. The predicted molar refractivity (Wildman–Crippen MR) is 127 cm³/mol. The van der Waals surface area contributed by atoms with Crippen LogP contribution in [0.1, 0.15) is 12.8 Å². The van der Waals surface area contributed by atoms with Crippen LogP contribution in [0.4, 0.5) is 14.6 Å². The van der Waals surface area contributed by atoms with E-state index in [1.165, 1.54) is 23.0 Å². The number of aromatic amines is 1. The van der Waals surface area contributed by atoms with Gasteiger partial charge in [0.1, 0.15) is 17.8 Å². The van der Waals surface area contributed by atoms with E-state index in [4.69, 9.17) is 4.74 Å². The molecule has 6 rings (SSSR count). The van der Waals surface area contributed by atoms with E-state index in [1.807, 2.05) is 18.2 Å². The summed E-state index contributed by atoms with van der Waals surface area (Å²) in [5.41, 5.74) is 3.09. The molecule has 35 heavy (non-hydrogen) atoms. The van der Waals surface area contributed by atoms with Crippen molar-refractivity contribution in [3.05, 3.63) is 73.0 Å². The average molecular weight is 473 g/mol. The van der Waals surface area contributed by atoms with Crippen LogP contribution < -0.4 is 5.32 Å². The third kappa shape index (κ3) is 4.01. The zero-order valence-electron chi connectivity index (χ0n) is 18.6. The molecule has 0 amide bonds. The minimum atomic E-state index is -0.966. The number of ether oxygens (including phenoxy) is 1. The van der Waals surface area contributed by atoms with Gasteiger partial charge < -0.3 is 15.0 Å². The Labute approximate surface area is 199 Å². The highest BCUT2D eigenvalue weighted by Crippen LogP contribution is 2.32. The number of rotatable bonds is 6. The SMILES string of the molecule is Fc1cccc(-n2cnnc2-c2c[nH]c3ncc(-c4ccc(NCC5CCCO5)nc4)cc23)c1F. The summed E-state index contributed by atoms with van der Waals surface area (Å²) in [6.45, 7) is 1.56. The molecular weight excluding hydrogens is 452 g/mol. The van der Waals surface area contributed by atoms with Crippen LogP contribution in [-0.4, -0.2) is 49.0 Å². The van der Waals surface area contributed by atoms with Gasteiger partial charge in [0.25, 0.3) is 0 Å². The van der Waals surface area contributed by atoms with E-state index >= 15 is 0 Å². The van der Waals surface area contributed by atoms with Crippen molar-refractivity contribution >= 4 is 16.9 Å². The fourth-order valence-corrected chi connectivity index (χ4v) is 4.31. The molecule has 4 aromatic heterocycles. The maximum atomic E-state index is 14.5.